The van der Waals surface area contributed by atoms with E-state index in [0.717, 1.165) is 12.8 Å². The fraction of sp³-hybridized carbons (Fsp3) is 0.333. The SMILES string of the molecule is O=C(O)c1cccc(N[C@@H]2CCO[C@@H](c3cccs3)C2)n1. The van der Waals surface area contributed by atoms with Gasteiger partial charge in [0.25, 0.3) is 0 Å². The Morgan fingerprint density at radius 1 is 1.38 bits per heavy atom. The minimum absolute atomic E-state index is 0.0573. The molecule has 1 fully saturated rings. The van der Waals surface area contributed by atoms with Crippen LogP contribution in [0, 0.1) is 0 Å². The van der Waals surface area contributed by atoms with E-state index in [0.29, 0.717) is 12.4 Å². The lowest BCUT2D eigenvalue weighted by Gasteiger charge is -2.30. The van der Waals surface area contributed by atoms with Gasteiger partial charge in [-0.25, -0.2) is 9.78 Å². The van der Waals surface area contributed by atoms with Gasteiger partial charge >= 0.3 is 5.97 Å². The third-order valence-corrected chi connectivity index (χ3v) is 4.43. The number of aromatic nitrogens is 1. The maximum absolute atomic E-state index is 10.9. The number of aromatic carboxylic acids is 1. The van der Waals surface area contributed by atoms with Gasteiger partial charge in [0.2, 0.25) is 0 Å². The molecule has 2 aromatic heterocycles. The summed E-state index contributed by atoms with van der Waals surface area (Å²) in [5.41, 5.74) is 0.0573. The predicted octanol–water partition coefficient (Wildman–Crippen LogP) is 3.17. The second-order valence-corrected chi connectivity index (χ2v) is 5.93. The highest BCUT2D eigenvalue weighted by Gasteiger charge is 2.24. The first-order valence-electron chi connectivity index (χ1n) is 6.84. The van der Waals surface area contributed by atoms with Crippen LogP contribution in [0.15, 0.2) is 35.7 Å². The minimum Gasteiger partial charge on any atom is -0.477 e. The quantitative estimate of drug-likeness (QED) is 0.907. The molecule has 110 valence electrons. The van der Waals surface area contributed by atoms with Crippen molar-refractivity contribution in [3.05, 3.63) is 46.3 Å². The van der Waals surface area contributed by atoms with Crippen molar-refractivity contribution >= 4 is 23.1 Å². The number of anilines is 1. The number of hydrogen-bond acceptors (Lipinski definition) is 5. The van der Waals surface area contributed by atoms with Gasteiger partial charge in [-0.15, -0.1) is 11.3 Å². The summed E-state index contributed by atoms with van der Waals surface area (Å²) in [5, 5.41) is 14.3. The lowest BCUT2D eigenvalue weighted by Crippen LogP contribution is -2.30. The Morgan fingerprint density at radius 3 is 3.05 bits per heavy atom. The molecule has 5 nitrogen and oxygen atoms in total. The molecule has 0 saturated carbocycles. The number of ether oxygens (including phenoxy) is 1. The molecule has 2 N–H and O–H groups in total. The molecule has 6 heteroatoms. The van der Waals surface area contributed by atoms with E-state index in [-0.39, 0.29) is 17.8 Å². The molecule has 0 spiro atoms. The van der Waals surface area contributed by atoms with Crippen molar-refractivity contribution in [2.45, 2.75) is 25.0 Å². The molecule has 0 aliphatic carbocycles. The van der Waals surface area contributed by atoms with Crippen LogP contribution >= 0.6 is 11.3 Å². The second kappa shape index (κ2) is 6.24. The fourth-order valence-electron chi connectivity index (χ4n) is 2.44. The van der Waals surface area contributed by atoms with E-state index in [9.17, 15) is 4.79 Å². The monoisotopic (exact) mass is 304 g/mol. The number of nitrogens with one attached hydrogen (secondary N) is 1. The summed E-state index contributed by atoms with van der Waals surface area (Å²) in [4.78, 5) is 16.3. The molecule has 1 aliphatic rings. The molecule has 21 heavy (non-hydrogen) atoms. The van der Waals surface area contributed by atoms with Gasteiger partial charge in [0.1, 0.15) is 5.82 Å². The first-order valence-corrected chi connectivity index (χ1v) is 7.72. The first-order chi connectivity index (χ1) is 10.2. The van der Waals surface area contributed by atoms with E-state index in [1.807, 2.05) is 11.4 Å². The molecule has 0 amide bonds. The van der Waals surface area contributed by atoms with Crippen LogP contribution in [0.25, 0.3) is 0 Å². The highest BCUT2D eigenvalue weighted by molar-refractivity contribution is 7.10. The van der Waals surface area contributed by atoms with Crippen LogP contribution in [-0.4, -0.2) is 28.7 Å². The van der Waals surface area contributed by atoms with Crippen molar-refractivity contribution in [1.29, 1.82) is 0 Å². The van der Waals surface area contributed by atoms with E-state index in [1.54, 1.807) is 23.5 Å². The second-order valence-electron chi connectivity index (χ2n) is 4.95. The van der Waals surface area contributed by atoms with Gasteiger partial charge in [-0.05, 0) is 36.4 Å². The Balaban J connectivity index is 1.67. The lowest BCUT2D eigenvalue weighted by atomic mass is 10.0. The largest absolute Gasteiger partial charge is 0.477 e. The smallest absolute Gasteiger partial charge is 0.354 e. The van der Waals surface area contributed by atoms with Crippen molar-refractivity contribution < 1.29 is 14.6 Å². The molecule has 0 radical (unpaired) electrons. The molecule has 0 aromatic carbocycles. The average Bonchev–Trinajstić information content (AvgIpc) is 3.02. The zero-order chi connectivity index (χ0) is 14.7. The Labute approximate surface area is 126 Å². The number of carboxylic acids is 1. The highest BCUT2D eigenvalue weighted by Crippen LogP contribution is 2.32. The van der Waals surface area contributed by atoms with E-state index in [4.69, 9.17) is 9.84 Å². The molecule has 2 aromatic rings. The van der Waals surface area contributed by atoms with E-state index >= 15 is 0 Å². The van der Waals surface area contributed by atoms with Gasteiger partial charge in [0, 0.05) is 17.5 Å². The summed E-state index contributed by atoms with van der Waals surface area (Å²) in [6.07, 6.45) is 1.86. The normalized spacial score (nSPS) is 21.9. The van der Waals surface area contributed by atoms with Crippen LogP contribution in [0.2, 0.25) is 0 Å². The van der Waals surface area contributed by atoms with Crippen LogP contribution in [0.4, 0.5) is 5.82 Å². The topological polar surface area (TPSA) is 71.5 Å². The number of hydrogen-bond donors (Lipinski definition) is 2. The zero-order valence-electron chi connectivity index (χ0n) is 11.4. The Kier molecular flexibility index (Phi) is 4.17. The van der Waals surface area contributed by atoms with E-state index in [1.165, 1.54) is 10.9 Å². The maximum atomic E-state index is 10.9. The third-order valence-electron chi connectivity index (χ3n) is 3.46. The Hall–Kier alpha value is -1.92. The summed E-state index contributed by atoms with van der Waals surface area (Å²) in [6.45, 7) is 0.693. The van der Waals surface area contributed by atoms with E-state index < -0.39 is 5.97 Å². The van der Waals surface area contributed by atoms with Crippen molar-refractivity contribution in [1.82, 2.24) is 4.98 Å². The summed E-state index contributed by atoms with van der Waals surface area (Å²) >= 11 is 1.70. The van der Waals surface area contributed by atoms with Gasteiger partial charge in [-0.2, -0.15) is 0 Å². The van der Waals surface area contributed by atoms with Gasteiger partial charge in [0.05, 0.1) is 6.10 Å². The number of carboxylic acid groups (broad SMARTS) is 1. The number of carbonyl (C=O) groups is 1. The van der Waals surface area contributed by atoms with Crippen LogP contribution in [0.3, 0.4) is 0 Å². The molecule has 3 heterocycles. The molecule has 3 rings (SSSR count). The highest BCUT2D eigenvalue weighted by atomic mass is 32.1. The minimum atomic E-state index is -1.01. The molecular formula is C15H16N2O3S. The number of thiophene rings is 1. The fourth-order valence-corrected chi connectivity index (χ4v) is 3.23. The maximum Gasteiger partial charge on any atom is 0.354 e. The molecule has 1 saturated heterocycles. The molecular weight excluding hydrogens is 288 g/mol. The van der Waals surface area contributed by atoms with Crippen molar-refractivity contribution in [3.8, 4) is 0 Å². The predicted molar refractivity (Wildman–Crippen MR) is 80.9 cm³/mol. The molecule has 2 atom stereocenters. The average molecular weight is 304 g/mol. The Bertz CT molecular complexity index is 615. The number of rotatable bonds is 4. The van der Waals surface area contributed by atoms with Crippen LogP contribution in [0.1, 0.15) is 34.3 Å². The van der Waals surface area contributed by atoms with E-state index in [2.05, 4.69) is 16.4 Å². The summed E-state index contributed by atoms with van der Waals surface area (Å²) in [5.74, 6) is -0.409. The standard InChI is InChI=1S/C15H16N2O3S/c18-15(19)11-3-1-5-14(17-11)16-10-6-7-20-12(9-10)13-4-2-8-21-13/h1-5,8,10,12H,6-7,9H2,(H,16,17)(H,18,19)/t10-,12-/m1/s1. The molecule has 1 aliphatic heterocycles. The zero-order valence-corrected chi connectivity index (χ0v) is 12.2. The van der Waals surface area contributed by atoms with Crippen molar-refractivity contribution in [3.63, 3.8) is 0 Å². The van der Waals surface area contributed by atoms with Gasteiger partial charge in [-0.3, -0.25) is 0 Å². The van der Waals surface area contributed by atoms with Gasteiger partial charge < -0.3 is 15.2 Å². The first kappa shape index (κ1) is 14.0. The number of pyridine rings is 1. The van der Waals surface area contributed by atoms with Gasteiger partial charge in [-0.1, -0.05) is 12.1 Å². The molecule has 0 bridgehead atoms. The van der Waals surface area contributed by atoms with Crippen molar-refractivity contribution in [2.75, 3.05) is 11.9 Å². The lowest BCUT2D eigenvalue weighted by molar-refractivity contribution is 0.0119. The third kappa shape index (κ3) is 3.40. The van der Waals surface area contributed by atoms with Crippen LogP contribution in [-0.2, 0) is 4.74 Å². The molecule has 0 unspecified atom stereocenters. The van der Waals surface area contributed by atoms with Crippen LogP contribution in [0.5, 0.6) is 0 Å². The van der Waals surface area contributed by atoms with Gasteiger partial charge in [0.15, 0.2) is 5.69 Å². The number of nitrogens with zero attached hydrogens (tertiary/aromatic N) is 1. The summed E-state index contributed by atoms with van der Waals surface area (Å²) < 4.78 is 5.81. The van der Waals surface area contributed by atoms with Crippen molar-refractivity contribution in [2.24, 2.45) is 0 Å². The Morgan fingerprint density at radius 2 is 2.29 bits per heavy atom. The summed E-state index contributed by atoms with van der Waals surface area (Å²) in [6, 6.07) is 9.34. The van der Waals surface area contributed by atoms with Crippen LogP contribution < -0.4 is 5.32 Å². The summed E-state index contributed by atoms with van der Waals surface area (Å²) in [7, 11) is 0.